The summed E-state index contributed by atoms with van der Waals surface area (Å²) in [6.45, 7) is 2.33. The third-order valence-corrected chi connectivity index (χ3v) is 2.99. The maximum atomic E-state index is 12.3. The number of carbonyl (C=O) groups is 1. The molecule has 0 aliphatic carbocycles. The van der Waals surface area contributed by atoms with Crippen LogP contribution in [0.25, 0.3) is 0 Å². The van der Waals surface area contributed by atoms with Crippen molar-refractivity contribution >= 4 is 11.7 Å². The minimum atomic E-state index is -0.0724. The van der Waals surface area contributed by atoms with Crippen LogP contribution in [0.3, 0.4) is 0 Å². The van der Waals surface area contributed by atoms with Crippen LogP contribution >= 0.6 is 0 Å². The smallest absolute Gasteiger partial charge is 0.255 e. The second-order valence-electron chi connectivity index (χ2n) is 4.97. The second kappa shape index (κ2) is 5.77. The lowest BCUT2D eigenvalue weighted by Crippen LogP contribution is -2.26. The van der Waals surface area contributed by atoms with Gasteiger partial charge in [-0.05, 0) is 31.2 Å². The van der Waals surface area contributed by atoms with Gasteiger partial charge in [-0.2, -0.15) is 0 Å². The number of amides is 1. The molecule has 0 saturated heterocycles. The standard InChI is InChI=1S/C15H19N3O2/c1-11-5-7-13(20-11)10-18(4)15(19)12-6-8-14(16-9-12)17(2)3/h5-9H,10H2,1-4H3. The average molecular weight is 273 g/mol. The summed E-state index contributed by atoms with van der Waals surface area (Å²) < 4.78 is 5.47. The molecule has 5 heteroatoms. The van der Waals surface area contributed by atoms with Gasteiger partial charge in [0.25, 0.3) is 5.91 Å². The first kappa shape index (κ1) is 14.1. The third kappa shape index (κ3) is 3.17. The number of aromatic nitrogens is 1. The number of hydrogen-bond acceptors (Lipinski definition) is 4. The topological polar surface area (TPSA) is 49.6 Å². The zero-order valence-electron chi connectivity index (χ0n) is 12.3. The van der Waals surface area contributed by atoms with Crippen molar-refractivity contribution in [3.8, 4) is 0 Å². The van der Waals surface area contributed by atoms with E-state index < -0.39 is 0 Å². The van der Waals surface area contributed by atoms with Gasteiger partial charge in [-0.25, -0.2) is 4.98 Å². The first-order chi connectivity index (χ1) is 9.47. The van der Waals surface area contributed by atoms with Gasteiger partial charge in [0.2, 0.25) is 0 Å². The van der Waals surface area contributed by atoms with Crippen molar-refractivity contribution in [2.24, 2.45) is 0 Å². The van der Waals surface area contributed by atoms with Crippen LogP contribution in [-0.2, 0) is 6.54 Å². The van der Waals surface area contributed by atoms with Crippen molar-refractivity contribution in [1.29, 1.82) is 0 Å². The lowest BCUT2D eigenvalue weighted by atomic mass is 10.2. The molecule has 0 aromatic carbocycles. The number of anilines is 1. The molecular formula is C15H19N3O2. The average Bonchev–Trinajstić information content (AvgIpc) is 2.83. The van der Waals surface area contributed by atoms with Gasteiger partial charge in [0.1, 0.15) is 17.3 Å². The maximum Gasteiger partial charge on any atom is 0.255 e. The van der Waals surface area contributed by atoms with Crippen molar-refractivity contribution in [1.82, 2.24) is 9.88 Å². The van der Waals surface area contributed by atoms with Gasteiger partial charge < -0.3 is 14.2 Å². The molecule has 0 radical (unpaired) electrons. The number of furan rings is 1. The second-order valence-corrected chi connectivity index (χ2v) is 4.97. The van der Waals surface area contributed by atoms with Gasteiger partial charge in [0, 0.05) is 27.3 Å². The van der Waals surface area contributed by atoms with E-state index in [2.05, 4.69) is 4.98 Å². The highest BCUT2D eigenvalue weighted by Crippen LogP contribution is 2.13. The Kier molecular flexibility index (Phi) is 4.08. The molecule has 2 rings (SSSR count). The Balaban J connectivity index is 2.06. The molecule has 2 aromatic rings. The van der Waals surface area contributed by atoms with Crippen LogP contribution in [0, 0.1) is 6.92 Å². The number of pyridine rings is 1. The largest absolute Gasteiger partial charge is 0.464 e. The fraction of sp³-hybridized carbons (Fsp3) is 0.333. The molecule has 0 atom stereocenters. The van der Waals surface area contributed by atoms with Crippen LogP contribution in [0.4, 0.5) is 5.82 Å². The Morgan fingerprint density at radius 3 is 2.45 bits per heavy atom. The van der Waals surface area contributed by atoms with Crippen molar-refractivity contribution in [3.05, 3.63) is 47.5 Å². The molecule has 0 N–H and O–H groups in total. The molecule has 2 aromatic heterocycles. The van der Waals surface area contributed by atoms with E-state index >= 15 is 0 Å². The molecule has 5 nitrogen and oxygen atoms in total. The van der Waals surface area contributed by atoms with Crippen molar-refractivity contribution in [2.75, 3.05) is 26.0 Å². The quantitative estimate of drug-likeness (QED) is 0.858. The minimum Gasteiger partial charge on any atom is -0.464 e. The van der Waals surface area contributed by atoms with Gasteiger partial charge in [0.05, 0.1) is 12.1 Å². The Labute approximate surface area is 118 Å². The molecule has 0 aliphatic rings. The van der Waals surface area contributed by atoms with E-state index in [4.69, 9.17) is 4.42 Å². The molecule has 106 valence electrons. The summed E-state index contributed by atoms with van der Waals surface area (Å²) in [5.74, 6) is 2.37. The maximum absolute atomic E-state index is 12.3. The highest BCUT2D eigenvalue weighted by Gasteiger charge is 2.14. The summed E-state index contributed by atoms with van der Waals surface area (Å²) >= 11 is 0. The Morgan fingerprint density at radius 1 is 1.20 bits per heavy atom. The van der Waals surface area contributed by atoms with Crippen LogP contribution in [0.2, 0.25) is 0 Å². The fourth-order valence-electron chi connectivity index (χ4n) is 1.87. The molecule has 0 fully saturated rings. The number of hydrogen-bond donors (Lipinski definition) is 0. The highest BCUT2D eigenvalue weighted by atomic mass is 16.3. The molecule has 0 aliphatic heterocycles. The van der Waals surface area contributed by atoms with Crippen LogP contribution < -0.4 is 4.90 Å². The first-order valence-corrected chi connectivity index (χ1v) is 6.41. The molecule has 0 spiro atoms. The van der Waals surface area contributed by atoms with E-state index in [0.29, 0.717) is 12.1 Å². The summed E-state index contributed by atoms with van der Waals surface area (Å²) in [6, 6.07) is 7.39. The molecule has 20 heavy (non-hydrogen) atoms. The highest BCUT2D eigenvalue weighted by molar-refractivity contribution is 5.93. The van der Waals surface area contributed by atoms with Crippen LogP contribution in [0.5, 0.6) is 0 Å². The Hall–Kier alpha value is -2.30. The zero-order chi connectivity index (χ0) is 14.7. The monoisotopic (exact) mass is 273 g/mol. The number of aryl methyl sites for hydroxylation is 1. The lowest BCUT2D eigenvalue weighted by molar-refractivity contribution is 0.0774. The van der Waals surface area contributed by atoms with E-state index in [1.807, 2.05) is 44.1 Å². The minimum absolute atomic E-state index is 0.0724. The van der Waals surface area contributed by atoms with Gasteiger partial charge in [-0.1, -0.05) is 0 Å². The fourth-order valence-corrected chi connectivity index (χ4v) is 1.87. The summed E-state index contributed by atoms with van der Waals surface area (Å²) in [5.41, 5.74) is 0.571. The predicted octanol–water partition coefficient (Wildman–Crippen LogP) is 2.32. The predicted molar refractivity (Wildman–Crippen MR) is 77.8 cm³/mol. The Morgan fingerprint density at radius 2 is 1.95 bits per heavy atom. The summed E-state index contributed by atoms with van der Waals surface area (Å²) in [5, 5.41) is 0. The normalized spacial score (nSPS) is 10.4. The lowest BCUT2D eigenvalue weighted by Gasteiger charge is -2.16. The van der Waals surface area contributed by atoms with Gasteiger partial charge in [-0.3, -0.25) is 4.79 Å². The first-order valence-electron chi connectivity index (χ1n) is 6.41. The summed E-state index contributed by atoms with van der Waals surface area (Å²) in [6.07, 6.45) is 1.60. The van der Waals surface area contributed by atoms with E-state index in [-0.39, 0.29) is 5.91 Å². The van der Waals surface area contributed by atoms with E-state index in [0.717, 1.165) is 17.3 Å². The number of nitrogens with zero attached hydrogens (tertiary/aromatic N) is 3. The van der Waals surface area contributed by atoms with Crippen molar-refractivity contribution in [3.63, 3.8) is 0 Å². The molecule has 0 saturated carbocycles. The molecule has 0 unspecified atom stereocenters. The number of rotatable bonds is 4. The van der Waals surface area contributed by atoms with Crippen molar-refractivity contribution in [2.45, 2.75) is 13.5 Å². The molecule has 0 bridgehead atoms. The van der Waals surface area contributed by atoms with Gasteiger partial charge >= 0.3 is 0 Å². The van der Waals surface area contributed by atoms with E-state index in [1.165, 1.54) is 0 Å². The molecule has 1 amide bonds. The summed E-state index contributed by atoms with van der Waals surface area (Å²) in [7, 11) is 5.57. The molecule has 2 heterocycles. The Bertz CT molecular complexity index is 587. The van der Waals surface area contributed by atoms with Gasteiger partial charge in [-0.15, -0.1) is 0 Å². The zero-order valence-corrected chi connectivity index (χ0v) is 12.3. The van der Waals surface area contributed by atoms with Crippen LogP contribution in [0.15, 0.2) is 34.9 Å². The van der Waals surface area contributed by atoms with E-state index in [9.17, 15) is 4.79 Å². The van der Waals surface area contributed by atoms with Crippen LogP contribution in [-0.4, -0.2) is 36.9 Å². The molecular weight excluding hydrogens is 254 g/mol. The third-order valence-electron chi connectivity index (χ3n) is 2.99. The SMILES string of the molecule is Cc1ccc(CN(C)C(=O)c2ccc(N(C)C)nc2)o1. The number of carbonyl (C=O) groups excluding carboxylic acids is 1. The van der Waals surface area contributed by atoms with E-state index in [1.54, 1.807) is 24.2 Å². The summed E-state index contributed by atoms with van der Waals surface area (Å²) in [4.78, 5) is 20.0. The van der Waals surface area contributed by atoms with Gasteiger partial charge in [0.15, 0.2) is 0 Å². The van der Waals surface area contributed by atoms with Crippen molar-refractivity contribution < 1.29 is 9.21 Å². The van der Waals surface area contributed by atoms with Crippen LogP contribution in [0.1, 0.15) is 21.9 Å².